The van der Waals surface area contributed by atoms with Gasteiger partial charge in [0.05, 0.1) is 17.2 Å². The fraction of sp³-hybridized carbons (Fsp3) is 0.421. The number of benzene rings is 1. The Hall–Kier alpha value is -3.23. The van der Waals surface area contributed by atoms with E-state index in [0.29, 0.717) is 10.9 Å². The Balaban J connectivity index is 1.79. The van der Waals surface area contributed by atoms with E-state index in [9.17, 15) is 19.2 Å². The maximum atomic E-state index is 12.8. The number of amides is 3. The number of carbonyl (C=O) groups is 3. The number of ether oxygens (including phenoxy) is 1. The molecule has 0 aliphatic carbocycles. The van der Waals surface area contributed by atoms with E-state index in [0.717, 1.165) is 5.56 Å². The third kappa shape index (κ3) is 4.36. The van der Waals surface area contributed by atoms with E-state index in [-0.39, 0.29) is 30.9 Å². The smallest absolute Gasteiger partial charge is 0.407 e. The first-order chi connectivity index (χ1) is 13.1. The van der Waals surface area contributed by atoms with Crippen molar-refractivity contribution in [1.82, 2.24) is 20.2 Å². The van der Waals surface area contributed by atoms with Crippen molar-refractivity contribution in [2.75, 3.05) is 0 Å². The quantitative estimate of drug-likeness (QED) is 0.770. The van der Waals surface area contributed by atoms with Gasteiger partial charge in [0.2, 0.25) is 11.8 Å². The summed E-state index contributed by atoms with van der Waals surface area (Å²) in [6.45, 7) is 5.56. The van der Waals surface area contributed by atoms with Crippen LogP contribution in [-0.2, 0) is 20.9 Å². The number of aromatic nitrogens is 2. The number of nitrogens with one attached hydrogen (secondary N) is 2. The summed E-state index contributed by atoms with van der Waals surface area (Å²) in [5, 5.41) is 5.24. The van der Waals surface area contributed by atoms with Gasteiger partial charge in [-0.2, -0.15) is 0 Å². The van der Waals surface area contributed by atoms with Gasteiger partial charge in [-0.15, -0.1) is 0 Å². The molecule has 0 spiro atoms. The monoisotopic (exact) mass is 386 g/mol. The van der Waals surface area contributed by atoms with Crippen molar-refractivity contribution >= 4 is 28.8 Å². The van der Waals surface area contributed by atoms with Crippen molar-refractivity contribution in [2.24, 2.45) is 0 Å². The molecular formula is C19H22N4O5. The Morgan fingerprint density at radius 1 is 1.32 bits per heavy atom. The summed E-state index contributed by atoms with van der Waals surface area (Å²) in [5.41, 5.74) is 0.267. The SMILES string of the molecule is CC(C)(C)OC(=O)NCc1ccc2c(=O)n(C3CCC(=O)NC3=O)cnc2c1. The third-order valence-corrected chi connectivity index (χ3v) is 4.23. The Bertz CT molecular complexity index is 1010. The van der Waals surface area contributed by atoms with Crippen LogP contribution in [0, 0.1) is 0 Å². The van der Waals surface area contributed by atoms with Crippen molar-refractivity contribution in [1.29, 1.82) is 0 Å². The number of hydrogen-bond acceptors (Lipinski definition) is 6. The van der Waals surface area contributed by atoms with Crippen LogP contribution >= 0.6 is 0 Å². The summed E-state index contributed by atoms with van der Waals surface area (Å²) in [4.78, 5) is 52.1. The van der Waals surface area contributed by atoms with Gasteiger partial charge < -0.3 is 10.1 Å². The summed E-state index contributed by atoms with van der Waals surface area (Å²) >= 11 is 0. The van der Waals surface area contributed by atoms with Crippen molar-refractivity contribution in [2.45, 2.75) is 51.8 Å². The molecule has 1 aromatic carbocycles. The Morgan fingerprint density at radius 3 is 2.75 bits per heavy atom. The van der Waals surface area contributed by atoms with Crippen LogP contribution in [-0.4, -0.2) is 33.1 Å². The lowest BCUT2D eigenvalue weighted by molar-refractivity contribution is -0.135. The van der Waals surface area contributed by atoms with Gasteiger partial charge in [-0.1, -0.05) is 6.07 Å². The minimum atomic E-state index is -0.754. The van der Waals surface area contributed by atoms with Gasteiger partial charge >= 0.3 is 6.09 Å². The highest BCUT2D eigenvalue weighted by atomic mass is 16.6. The minimum absolute atomic E-state index is 0.177. The summed E-state index contributed by atoms with van der Waals surface area (Å²) < 4.78 is 6.44. The standard InChI is InChI=1S/C19H22N4O5/c1-19(2,3)28-18(27)20-9-11-4-5-12-13(8-11)21-10-23(17(12)26)14-6-7-15(24)22-16(14)25/h4-5,8,10,14H,6-7,9H2,1-3H3,(H,20,27)(H,22,24,25). The predicted molar refractivity (Wildman–Crippen MR) is 100 cm³/mol. The van der Waals surface area contributed by atoms with Crippen LogP contribution in [0.25, 0.3) is 10.9 Å². The first-order valence-corrected chi connectivity index (χ1v) is 8.94. The van der Waals surface area contributed by atoms with Crippen molar-refractivity contribution < 1.29 is 19.1 Å². The fourth-order valence-corrected chi connectivity index (χ4v) is 2.95. The summed E-state index contributed by atoms with van der Waals surface area (Å²) in [6, 6.07) is 4.26. The Morgan fingerprint density at radius 2 is 2.07 bits per heavy atom. The van der Waals surface area contributed by atoms with E-state index < -0.39 is 23.6 Å². The fourth-order valence-electron chi connectivity index (χ4n) is 2.95. The van der Waals surface area contributed by atoms with Gasteiger partial charge in [0.25, 0.3) is 5.56 Å². The van der Waals surface area contributed by atoms with Crippen molar-refractivity contribution in [3.8, 4) is 0 Å². The van der Waals surface area contributed by atoms with E-state index in [4.69, 9.17) is 4.74 Å². The van der Waals surface area contributed by atoms with Crippen molar-refractivity contribution in [3.05, 3.63) is 40.4 Å². The lowest BCUT2D eigenvalue weighted by atomic mass is 10.1. The second-order valence-electron chi connectivity index (χ2n) is 7.63. The lowest BCUT2D eigenvalue weighted by Gasteiger charge is -2.22. The average Bonchev–Trinajstić information content (AvgIpc) is 2.59. The summed E-state index contributed by atoms with van der Waals surface area (Å²) in [7, 11) is 0. The van der Waals surface area contributed by atoms with E-state index in [2.05, 4.69) is 15.6 Å². The Kier molecular flexibility index (Phi) is 5.17. The lowest BCUT2D eigenvalue weighted by Crippen LogP contribution is -2.44. The molecule has 1 aromatic heterocycles. The molecule has 0 radical (unpaired) electrons. The van der Waals surface area contributed by atoms with Gasteiger partial charge in [-0.25, -0.2) is 9.78 Å². The van der Waals surface area contributed by atoms with E-state index in [1.165, 1.54) is 10.9 Å². The molecule has 1 fully saturated rings. The minimum Gasteiger partial charge on any atom is -0.444 e. The highest BCUT2D eigenvalue weighted by Gasteiger charge is 2.29. The molecule has 3 rings (SSSR count). The zero-order valence-corrected chi connectivity index (χ0v) is 15.9. The van der Waals surface area contributed by atoms with Crippen LogP contribution < -0.4 is 16.2 Å². The molecule has 0 saturated carbocycles. The van der Waals surface area contributed by atoms with E-state index in [1.54, 1.807) is 39.0 Å². The van der Waals surface area contributed by atoms with Crippen LogP contribution in [0.3, 0.4) is 0 Å². The molecule has 1 saturated heterocycles. The average molecular weight is 386 g/mol. The molecule has 9 heteroatoms. The molecule has 1 unspecified atom stereocenters. The van der Waals surface area contributed by atoms with Gasteiger partial charge in [-0.05, 0) is 44.9 Å². The molecule has 3 amide bonds. The number of imide groups is 1. The molecule has 9 nitrogen and oxygen atoms in total. The first-order valence-electron chi connectivity index (χ1n) is 8.94. The summed E-state index contributed by atoms with van der Waals surface area (Å²) in [5.74, 6) is -0.845. The molecule has 1 atom stereocenters. The number of piperidine rings is 1. The summed E-state index contributed by atoms with van der Waals surface area (Å²) in [6.07, 6.45) is 1.22. The zero-order valence-electron chi connectivity index (χ0n) is 15.9. The number of fused-ring (bicyclic) bond motifs is 1. The predicted octanol–water partition coefficient (Wildman–Crippen LogP) is 1.40. The maximum Gasteiger partial charge on any atom is 0.407 e. The first kappa shape index (κ1) is 19.5. The van der Waals surface area contributed by atoms with Crippen LogP contribution in [0.2, 0.25) is 0 Å². The molecule has 0 bridgehead atoms. The largest absolute Gasteiger partial charge is 0.444 e. The van der Waals surface area contributed by atoms with Crippen LogP contribution in [0.4, 0.5) is 4.79 Å². The molecule has 2 N–H and O–H groups in total. The molecular weight excluding hydrogens is 364 g/mol. The van der Waals surface area contributed by atoms with Gasteiger partial charge in [0.15, 0.2) is 0 Å². The molecule has 1 aliphatic heterocycles. The second-order valence-corrected chi connectivity index (χ2v) is 7.63. The molecule has 1 aliphatic rings. The number of alkyl carbamates (subject to hydrolysis) is 1. The van der Waals surface area contributed by atoms with Gasteiger partial charge in [0, 0.05) is 13.0 Å². The van der Waals surface area contributed by atoms with Crippen LogP contribution in [0.15, 0.2) is 29.3 Å². The molecule has 2 aromatic rings. The third-order valence-electron chi connectivity index (χ3n) is 4.23. The number of nitrogens with zero attached hydrogens (tertiary/aromatic N) is 2. The van der Waals surface area contributed by atoms with Crippen molar-refractivity contribution in [3.63, 3.8) is 0 Å². The number of rotatable bonds is 3. The van der Waals surface area contributed by atoms with Crippen LogP contribution in [0.1, 0.15) is 45.2 Å². The van der Waals surface area contributed by atoms with Crippen LogP contribution in [0.5, 0.6) is 0 Å². The molecule has 2 heterocycles. The zero-order chi connectivity index (χ0) is 20.5. The maximum absolute atomic E-state index is 12.8. The second kappa shape index (κ2) is 7.41. The highest BCUT2D eigenvalue weighted by Crippen LogP contribution is 2.18. The topological polar surface area (TPSA) is 119 Å². The molecule has 28 heavy (non-hydrogen) atoms. The molecule has 148 valence electrons. The number of carbonyl (C=O) groups excluding carboxylic acids is 3. The number of hydrogen-bond donors (Lipinski definition) is 2. The Labute approximate surface area is 161 Å². The van der Waals surface area contributed by atoms with E-state index >= 15 is 0 Å². The highest BCUT2D eigenvalue weighted by molar-refractivity contribution is 5.99. The normalized spacial score (nSPS) is 17.3. The van der Waals surface area contributed by atoms with Gasteiger partial charge in [-0.3, -0.25) is 24.3 Å². The van der Waals surface area contributed by atoms with E-state index in [1.807, 2.05) is 0 Å². The van der Waals surface area contributed by atoms with Gasteiger partial charge in [0.1, 0.15) is 11.6 Å².